The van der Waals surface area contributed by atoms with Crippen LogP contribution >= 0.6 is 0 Å². The second-order valence-corrected chi connectivity index (χ2v) is 6.47. The van der Waals surface area contributed by atoms with Gasteiger partial charge >= 0.3 is 0 Å². The van der Waals surface area contributed by atoms with Crippen molar-refractivity contribution in [3.63, 3.8) is 0 Å². The minimum absolute atomic E-state index is 0.00414. The largest absolute Gasteiger partial charge is 0.454 e. The fourth-order valence-electron chi connectivity index (χ4n) is 3.31. The van der Waals surface area contributed by atoms with E-state index in [0.717, 1.165) is 22.5 Å². The molecule has 3 aromatic rings. The topological polar surface area (TPSA) is 110 Å². The Balaban J connectivity index is 1.77. The summed E-state index contributed by atoms with van der Waals surface area (Å²) in [6.07, 6.45) is 0. The fraction of sp³-hybridized carbons (Fsp3) is 0.150. The first-order chi connectivity index (χ1) is 13.4. The van der Waals surface area contributed by atoms with Crippen molar-refractivity contribution in [1.29, 1.82) is 0 Å². The maximum Gasteiger partial charge on any atom is 0.269 e. The van der Waals surface area contributed by atoms with E-state index in [0.29, 0.717) is 23.6 Å². The van der Waals surface area contributed by atoms with E-state index < -0.39 is 10.8 Å². The minimum atomic E-state index is -0.523. The number of rotatable bonds is 5. The third-order valence-electron chi connectivity index (χ3n) is 4.78. The number of hydrogen-bond acceptors (Lipinski definition) is 5. The number of benzene rings is 2. The van der Waals surface area contributed by atoms with Crippen LogP contribution in [0.3, 0.4) is 0 Å². The van der Waals surface area contributed by atoms with Crippen molar-refractivity contribution in [1.82, 2.24) is 4.57 Å². The van der Waals surface area contributed by atoms with Crippen LogP contribution in [0.25, 0.3) is 11.3 Å². The van der Waals surface area contributed by atoms with Crippen molar-refractivity contribution in [2.24, 2.45) is 5.73 Å². The predicted molar refractivity (Wildman–Crippen MR) is 101 cm³/mol. The molecule has 1 aromatic heterocycles. The molecule has 1 amide bonds. The van der Waals surface area contributed by atoms with E-state index in [1.165, 1.54) is 12.1 Å². The molecule has 2 N–H and O–H groups in total. The third kappa shape index (κ3) is 3.05. The molecule has 0 fully saturated rings. The number of amides is 1. The van der Waals surface area contributed by atoms with Crippen LogP contribution in [0, 0.1) is 17.0 Å². The molecule has 0 aliphatic carbocycles. The maximum absolute atomic E-state index is 11.9. The monoisotopic (exact) mass is 379 g/mol. The lowest BCUT2D eigenvalue weighted by Crippen LogP contribution is -2.12. The average molecular weight is 379 g/mol. The lowest BCUT2D eigenvalue weighted by molar-refractivity contribution is -0.384. The highest BCUT2D eigenvalue weighted by Crippen LogP contribution is 2.34. The van der Waals surface area contributed by atoms with Gasteiger partial charge in [-0.25, -0.2) is 0 Å². The van der Waals surface area contributed by atoms with Crippen molar-refractivity contribution < 1.29 is 19.2 Å². The summed E-state index contributed by atoms with van der Waals surface area (Å²) >= 11 is 0. The third-order valence-corrected chi connectivity index (χ3v) is 4.78. The van der Waals surface area contributed by atoms with E-state index in [1.54, 1.807) is 18.2 Å². The van der Waals surface area contributed by atoms with Crippen LogP contribution in [0.5, 0.6) is 11.5 Å². The van der Waals surface area contributed by atoms with Gasteiger partial charge < -0.3 is 19.8 Å². The first kappa shape index (κ1) is 17.6. The van der Waals surface area contributed by atoms with Crippen molar-refractivity contribution in [2.45, 2.75) is 13.5 Å². The SMILES string of the molecule is Cc1c(C(N)=O)cc(-c2ccc([N+](=O)[O-])cc2)n1Cc1ccc2c(c1)OCO2. The summed E-state index contributed by atoms with van der Waals surface area (Å²) in [7, 11) is 0. The van der Waals surface area contributed by atoms with Gasteiger partial charge in [0.05, 0.1) is 10.5 Å². The van der Waals surface area contributed by atoms with Gasteiger partial charge in [-0.15, -0.1) is 0 Å². The van der Waals surface area contributed by atoms with Crippen LogP contribution in [-0.2, 0) is 6.54 Å². The van der Waals surface area contributed by atoms with Crippen molar-refractivity contribution in [2.75, 3.05) is 6.79 Å². The number of aromatic nitrogens is 1. The Bertz CT molecular complexity index is 1090. The standard InChI is InChI=1S/C20H17N3O5/c1-12-16(20(21)24)9-17(14-3-5-15(6-4-14)23(25)26)22(12)10-13-2-7-18-19(8-13)28-11-27-18/h2-9H,10-11H2,1H3,(H2,21,24). The zero-order chi connectivity index (χ0) is 19.8. The summed E-state index contributed by atoms with van der Waals surface area (Å²) in [5.74, 6) is 0.848. The molecule has 1 aliphatic rings. The second-order valence-electron chi connectivity index (χ2n) is 6.47. The van der Waals surface area contributed by atoms with E-state index >= 15 is 0 Å². The smallest absolute Gasteiger partial charge is 0.269 e. The molecule has 0 radical (unpaired) electrons. The Hall–Kier alpha value is -3.81. The fourth-order valence-corrected chi connectivity index (χ4v) is 3.31. The average Bonchev–Trinajstić information content (AvgIpc) is 3.26. The molecular weight excluding hydrogens is 362 g/mol. The molecule has 8 heteroatoms. The number of non-ortho nitro benzene ring substituents is 1. The van der Waals surface area contributed by atoms with Crippen LogP contribution < -0.4 is 15.2 Å². The molecule has 0 saturated heterocycles. The molecule has 0 bridgehead atoms. The second kappa shape index (κ2) is 6.73. The number of primary amides is 1. The Morgan fingerprint density at radius 1 is 1.14 bits per heavy atom. The van der Waals surface area contributed by atoms with Gasteiger partial charge in [0.2, 0.25) is 6.79 Å². The van der Waals surface area contributed by atoms with Gasteiger partial charge in [0.15, 0.2) is 11.5 Å². The summed E-state index contributed by atoms with van der Waals surface area (Å²) in [6, 6.07) is 13.6. The van der Waals surface area contributed by atoms with E-state index in [1.807, 2.05) is 29.7 Å². The van der Waals surface area contributed by atoms with Gasteiger partial charge in [-0.2, -0.15) is 0 Å². The molecule has 8 nitrogen and oxygen atoms in total. The Kier molecular flexibility index (Phi) is 4.23. The number of nitro benzene ring substituents is 1. The highest BCUT2D eigenvalue weighted by atomic mass is 16.7. The number of nitrogens with zero attached hydrogens (tertiary/aromatic N) is 2. The van der Waals surface area contributed by atoms with Crippen LogP contribution in [0.2, 0.25) is 0 Å². The quantitative estimate of drug-likeness (QED) is 0.540. The number of nitrogens with two attached hydrogens (primary N) is 1. The van der Waals surface area contributed by atoms with Crippen LogP contribution in [-0.4, -0.2) is 22.2 Å². The van der Waals surface area contributed by atoms with Gasteiger partial charge in [0.1, 0.15) is 0 Å². The highest BCUT2D eigenvalue weighted by molar-refractivity contribution is 5.95. The van der Waals surface area contributed by atoms with Gasteiger partial charge in [0, 0.05) is 30.1 Å². The number of hydrogen-bond donors (Lipinski definition) is 1. The normalized spacial score (nSPS) is 12.2. The van der Waals surface area contributed by atoms with Gasteiger partial charge in [0.25, 0.3) is 11.6 Å². The van der Waals surface area contributed by atoms with Crippen LogP contribution in [0.1, 0.15) is 21.6 Å². The highest BCUT2D eigenvalue weighted by Gasteiger charge is 2.19. The number of carbonyl (C=O) groups is 1. The lowest BCUT2D eigenvalue weighted by atomic mass is 10.1. The molecule has 28 heavy (non-hydrogen) atoms. The molecule has 1 aliphatic heterocycles. The number of carbonyl (C=O) groups excluding carboxylic acids is 1. The molecule has 2 heterocycles. The molecular formula is C20H17N3O5. The summed E-state index contributed by atoms with van der Waals surface area (Å²) in [5, 5.41) is 10.9. The van der Waals surface area contributed by atoms with Crippen molar-refractivity contribution in [3.05, 3.63) is 75.5 Å². The zero-order valence-corrected chi connectivity index (χ0v) is 15.0. The van der Waals surface area contributed by atoms with E-state index in [2.05, 4.69) is 0 Å². The Morgan fingerprint density at radius 2 is 1.86 bits per heavy atom. The summed E-state index contributed by atoms with van der Waals surface area (Å²) in [6.45, 7) is 2.49. The molecule has 142 valence electrons. The first-order valence-corrected chi connectivity index (χ1v) is 8.57. The number of nitro groups is 1. The molecule has 4 rings (SSSR count). The van der Waals surface area contributed by atoms with Gasteiger partial charge in [-0.1, -0.05) is 6.07 Å². The lowest BCUT2D eigenvalue weighted by Gasteiger charge is -2.13. The Labute approximate surface area is 160 Å². The van der Waals surface area contributed by atoms with Crippen LogP contribution in [0.4, 0.5) is 5.69 Å². The van der Waals surface area contributed by atoms with Crippen molar-refractivity contribution in [3.8, 4) is 22.8 Å². The summed E-state index contributed by atoms with van der Waals surface area (Å²) in [4.78, 5) is 22.3. The van der Waals surface area contributed by atoms with Crippen LogP contribution in [0.15, 0.2) is 48.5 Å². The minimum Gasteiger partial charge on any atom is -0.454 e. The number of fused-ring (bicyclic) bond motifs is 1. The molecule has 0 atom stereocenters. The summed E-state index contributed by atoms with van der Waals surface area (Å²) < 4.78 is 12.7. The Morgan fingerprint density at radius 3 is 2.54 bits per heavy atom. The zero-order valence-electron chi connectivity index (χ0n) is 15.0. The van der Waals surface area contributed by atoms with Gasteiger partial charge in [-0.3, -0.25) is 14.9 Å². The molecule has 0 unspecified atom stereocenters. The van der Waals surface area contributed by atoms with E-state index in [-0.39, 0.29) is 12.5 Å². The van der Waals surface area contributed by atoms with E-state index in [9.17, 15) is 14.9 Å². The summed E-state index contributed by atoms with van der Waals surface area (Å²) in [5.41, 5.74) is 9.13. The van der Waals surface area contributed by atoms with Gasteiger partial charge in [-0.05, 0) is 48.4 Å². The van der Waals surface area contributed by atoms with E-state index in [4.69, 9.17) is 15.2 Å². The predicted octanol–water partition coefficient (Wildman–Crippen LogP) is 3.25. The van der Waals surface area contributed by atoms with Crippen molar-refractivity contribution >= 4 is 11.6 Å². The number of ether oxygens (including phenoxy) is 2. The molecule has 0 saturated carbocycles. The maximum atomic E-state index is 11.9. The first-order valence-electron chi connectivity index (χ1n) is 8.57. The molecule has 2 aromatic carbocycles. The molecule has 0 spiro atoms.